The van der Waals surface area contributed by atoms with Gasteiger partial charge in [0, 0.05) is 37.9 Å². The molecule has 7 nitrogen and oxygen atoms in total. The molecule has 1 aliphatic carbocycles. The zero-order valence-corrected chi connectivity index (χ0v) is 13.6. The number of piperazine rings is 1. The van der Waals surface area contributed by atoms with E-state index in [1.807, 2.05) is 0 Å². The molecule has 1 aliphatic heterocycles. The Hall–Kier alpha value is -2.57. The van der Waals surface area contributed by atoms with Gasteiger partial charge in [0.1, 0.15) is 5.75 Å². The third-order valence-corrected chi connectivity index (χ3v) is 4.56. The van der Waals surface area contributed by atoms with Gasteiger partial charge in [0.2, 0.25) is 18.2 Å². The monoisotopic (exact) mass is 331 g/mol. The number of amides is 3. The van der Waals surface area contributed by atoms with Crippen molar-refractivity contribution in [2.75, 3.05) is 38.6 Å². The van der Waals surface area contributed by atoms with Gasteiger partial charge in [-0.15, -0.1) is 0 Å². The number of carbonyl (C=O) groups is 3. The van der Waals surface area contributed by atoms with Crippen LogP contribution in [0.25, 0.3) is 0 Å². The predicted octanol–water partition coefficient (Wildman–Crippen LogP) is 0.570. The summed E-state index contributed by atoms with van der Waals surface area (Å²) in [7, 11) is 1.57. The highest BCUT2D eigenvalue weighted by atomic mass is 16.5. The molecule has 1 N–H and O–H groups in total. The van der Waals surface area contributed by atoms with Gasteiger partial charge in [-0.1, -0.05) is 6.07 Å². The molecular formula is C17H21N3O4. The van der Waals surface area contributed by atoms with E-state index in [2.05, 4.69) is 5.32 Å². The van der Waals surface area contributed by atoms with Gasteiger partial charge in [-0.3, -0.25) is 14.4 Å². The molecule has 1 aromatic rings. The standard InChI is InChI=1S/C17H21N3O4/c1-24-13-4-2-3-12(9-13)18-16(22)14-10-15(14)17(23)20-7-5-19(11-21)6-8-20/h2-4,9,11,14-15H,5-8,10H2,1H3,(H,18,22). The van der Waals surface area contributed by atoms with E-state index in [1.54, 1.807) is 41.2 Å². The summed E-state index contributed by atoms with van der Waals surface area (Å²) >= 11 is 0. The molecule has 0 aromatic heterocycles. The Balaban J connectivity index is 1.52. The van der Waals surface area contributed by atoms with Crippen molar-refractivity contribution in [2.24, 2.45) is 11.8 Å². The molecule has 2 unspecified atom stereocenters. The Morgan fingerprint density at radius 1 is 1.21 bits per heavy atom. The first-order valence-electron chi connectivity index (χ1n) is 8.05. The summed E-state index contributed by atoms with van der Waals surface area (Å²) in [6.07, 6.45) is 1.39. The molecule has 24 heavy (non-hydrogen) atoms. The third kappa shape index (κ3) is 3.50. The summed E-state index contributed by atoms with van der Waals surface area (Å²) in [6.45, 7) is 2.20. The van der Waals surface area contributed by atoms with E-state index in [0.29, 0.717) is 44.0 Å². The zero-order valence-electron chi connectivity index (χ0n) is 13.6. The summed E-state index contributed by atoms with van der Waals surface area (Å²) in [6, 6.07) is 7.14. The largest absolute Gasteiger partial charge is 0.497 e. The van der Waals surface area contributed by atoms with Gasteiger partial charge >= 0.3 is 0 Å². The SMILES string of the molecule is COc1cccc(NC(=O)C2CC2C(=O)N2CCN(C=O)CC2)c1. The first-order chi connectivity index (χ1) is 11.6. The quantitative estimate of drug-likeness (QED) is 0.800. The number of hydrogen-bond acceptors (Lipinski definition) is 4. The highest BCUT2D eigenvalue weighted by Gasteiger charge is 2.49. The van der Waals surface area contributed by atoms with Crippen LogP contribution in [-0.2, 0) is 14.4 Å². The van der Waals surface area contributed by atoms with E-state index in [9.17, 15) is 14.4 Å². The van der Waals surface area contributed by atoms with Crippen molar-refractivity contribution in [2.45, 2.75) is 6.42 Å². The zero-order chi connectivity index (χ0) is 17.1. The molecule has 1 saturated carbocycles. The minimum atomic E-state index is -0.271. The lowest BCUT2D eigenvalue weighted by atomic mass is 10.2. The number of methoxy groups -OCH3 is 1. The van der Waals surface area contributed by atoms with Crippen LogP contribution in [0.3, 0.4) is 0 Å². The third-order valence-electron chi connectivity index (χ3n) is 4.56. The highest BCUT2D eigenvalue weighted by molar-refractivity contribution is 5.99. The average molecular weight is 331 g/mol. The van der Waals surface area contributed by atoms with Crippen LogP contribution < -0.4 is 10.1 Å². The molecule has 1 saturated heterocycles. The molecule has 0 spiro atoms. The van der Waals surface area contributed by atoms with Crippen molar-refractivity contribution < 1.29 is 19.1 Å². The van der Waals surface area contributed by atoms with Crippen LogP contribution in [0, 0.1) is 11.8 Å². The van der Waals surface area contributed by atoms with E-state index in [4.69, 9.17) is 4.74 Å². The van der Waals surface area contributed by atoms with Gasteiger partial charge in [-0.25, -0.2) is 0 Å². The molecule has 3 amide bonds. The Labute approximate surface area is 140 Å². The van der Waals surface area contributed by atoms with Crippen LogP contribution in [0.5, 0.6) is 5.75 Å². The molecule has 1 heterocycles. The Morgan fingerprint density at radius 2 is 1.96 bits per heavy atom. The highest BCUT2D eigenvalue weighted by Crippen LogP contribution is 2.41. The number of hydrogen-bond donors (Lipinski definition) is 1. The van der Waals surface area contributed by atoms with Crippen molar-refractivity contribution in [3.8, 4) is 5.75 Å². The van der Waals surface area contributed by atoms with Gasteiger partial charge < -0.3 is 19.9 Å². The van der Waals surface area contributed by atoms with Gasteiger partial charge in [-0.05, 0) is 18.6 Å². The van der Waals surface area contributed by atoms with Crippen molar-refractivity contribution in [3.63, 3.8) is 0 Å². The number of carbonyl (C=O) groups excluding carboxylic acids is 3. The Morgan fingerprint density at radius 3 is 2.62 bits per heavy atom. The molecule has 3 rings (SSSR count). The maximum absolute atomic E-state index is 12.4. The molecule has 0 bridgehead atoms. The second-order valence-electron chi connectivity index (χ2n) is 6.14. The minimum Gasteiger partial charge on any atom is -0.497 e. The second-order valence-corrected chi connectivity index (χ2v) is 6.14. The Bertz CT molecular complexity index is 640. The van der Waals surface area contributed by atoms with E-state index in [0.717, 1.165) is 6.41 Å². The number of ether oxygens (including phenoxy) is 1. The summed E-state index contributed by atoms with van der Waals surface area (Å²) in [4.78, 5) is 38.8. The molecule has 128 valence electrons. The first kappa shape index (κ1) is 16.3. The molecule has 2 atom stereocenters. The van der Waals surface area contributed by atoms with Crippen molar-refractivity contribution >= 4 is 23.9 Å². The lowest BCUT2D eigenvalue weighted by molar-refractivity contribution is -0.137. The van der Waals surface area contributed by atoms with Gasteiger partial charge in [0.15, 0.2) is 0 Å². The molecule has 0 radical (unpaired) electrons. The van der Waals surface area contributed by atoms with Crippen LogP contribution in [0.2, 0.25) is 0 Å². The maximum Gasteiger partial charge on any atom is 0.228 e. The average Bonchev–Trinajstić information content (AvgIpc) is 3.42. The van der Waals surface area contributed by atoms with Crippen molar-refractivity contribution in [3.05, 3.63) is 24.3 Å². The van der Waals surface area contributed by atoms with Crippen LogP contribution in [-0.4, -0.2) is 61.3 Å². The van der Waals surface area contributed by atoms with Crippen molar-refractivity contribution in [1.82, 2.24) is 9.80 Å². The fourth-order valence-corrected chi connectivity index (χ4v) is 2.98. The number of nitrogens with zero attached hydrogens (tertiary/aromatic N) is 2. The van der Waals surface area contributed by atoms with E-state index < -0.39 is 0 Å². The smallest absolute Gasteiger partial charge is 0.228 e. The number of rotatable bonds is 5. The molecule has 2 aliphatic rings. The van der Waals surface area contributed by atoms with Crippen molar-refractivity contribution in [1.29, 1.82) is 0 Å². The van der Waals surface area contributed by atoms with Crippen LogP contribution in [0.15, 0.2) is 24.3 Å². The summed E-state index contributed by atoms with van der Waals surface area (Å²) < 4.78 is 5.13. The lowest BCUT2D eigenvalue weighted by Crippen LogP contribution is -2.48. The van der Waals surface area contributed by atoms with Gasteiger partial charge in [0.25, 0.3) is 0 Å². The summed E-state index contributed by atoms with van der Waals surface area (Å²) in [5.41, 5.74) is 0.664. The van der Waals surface area contributed by atoms with Gasteiger partial charge in [-0.2, -0.15) is 0 Å². The molecular weight excluding hydrogens is 310 g/mol. The topological polar surface area (TPSA) is 79.0 Å². The fraction of sp³-hybridized carbons (Fsp3) is 0.471. The molecule has 2 fully saturated rings. The molecule has 7 heteroatoms. The van der Waals surface area contributed by atoms with E-state index in [-0.39, 0.29) is 23.7 Å². The van der Waals surface area contributed by atoms with E-state index >= 15 is 0 Å². The first-order valence-corrected chi connectivity index (χ1v) is 8.05. The molecule has 1 aromatic carbocycles. The summed E-state index contributed by atoms with van der Waals surface area (Å²) in [5, 5.41) is 2.84. The second kappa shape index (κ2) is 6.90. The Kier molecular flexibility index (Phi) is 4.69. The summed E-state index contributed by atoms with van der Waals surface area (Å²) in [5.74, 6) is 0.0509. The van der Waals surface area contributed by atoms with E-state index in [1.165, 1.54) is 0 Å². The number of nitrogens with one attached hydrogen (secondary N) is 1. The predicted molar refractivity (Wildman–Crippen MR) is 87.4 cm³/mol. The lowest BCUT2D eigenvalue weighted by Gasteiger charge is -2.32. The maximum atomic E-state index is 12.4. The number of anilines is 1. The fourth-order valence-electron chi connectivity index (χ4n) is 2.98. The number of benzene rings is 1. The van der Waals surface area contributed by atoms with Crippen LogP contribution in [0.4, 0.5) is 5.69 Å². The van der Waals surface area contributed by atoms with Crippen LogP contribution >= 0.6 is 0 Å². The van der Waals surface area contributed by atoms with Gasteiger partial charge in [0.05, 0.1) is 18.9 Å². The normalized spacial score (nSPS) is 22.7. The minimum absolute atomic E-state index is 0.0198. The van der Waals surface area contributed by atoms with Crippen LogP contribution in [0.1, 0.15) is 6.42 Å².